The second-order valence-electron chi connectivity index (χ2n) is 5.19. The van der Waals surface area contributed by atoms with E-state index in [0.717, 1.165) is 23.5 Å². The van der Waals surface area contributed by atoms with Gasteiger partial charge < -0.3 is 15.4 Å². The highest BCUT2D eigenvalue weighted by molar-refractivity contribution is 5.59. The number of nitrogens with zero attached hydrogens (tertiary/aromatic N) is 3. The molecule has 0 amide bonds. The molecule has 0 aliphatic heterocycles. The van der Waals surface area contributed by atoms with Crippen LogP contribution in [0.2, 0.25) is 0 Å². The van der Waals surface area contributed by atoms with Crippen molar-refractivity contribution >= 4 is 23.1 Å². The van der Waals surface area contributed by atoms with Crippen molar-refractivity contribution in [3.8, 4) is 5.75 Å². The van der Waals surface area contributed by atoms with E-state index < -0.39 is 0 Å². The molecule has 2 aromatic carbocycles. The Morgan fingerprint density at radius 1 is 0.917 bits per heavy atom. The molecule has 0 saturated heterocycles. The lowest BCUT2D eigenvalue weighted by atomic mass is 10.1. The number of aromatic nitrogens is 3. The Labute approximate surface area is 140 Å². The lowest BCUT2D eigenvalue weighted by molar-refractivity contribution is 0.415. The van der Waals surface area contributed by atoms with E-state index in [2.05, 4.69) is 44.9 Å². The first-order valence-electron chi connectivity index (χ1n) is 7.73. The Morgan fingerprint density at radius 2 is 1.58 bits per heavy atom. The molecule has 2 N–H and O–H groups in total. The van der Waals surface area contributed by atoms with Crippen LogP contribution in [0, 0.1) is 0 Å². The van der Waals surface area contributed by atoms with Gasteiger partial charge in [0.2, 0.25) is 5.95 Å². The predicted octanol–water partition coefficient (Wildman–Crippen LogP) is 3.93. The lowest BCUT2D eigenvalue weighted by Gasteiger charge is -2.08. The Hall–Kier alpha value is -3.15. The normalized spacial score (nSPS) is 10.2. The molecule has 24 heavy (non-hydrogen) atoms. The summed E-state index contributed by atoms with van der Waals surface area (Å²) in [6, 6.07) is 15.8. The van der Waals surface area contributed by atoms with Gasteiger partial charge in [0.05, 0.1) is 13.3 Å². The van der Waals surface area contributed by atoms with Crippen LogP contribution in [0.5, 0.6) is 5.75 Å². The van der Waals surface area contributed by atoms with Crippen LogP contribution < -0.4 is 15.4 Å². The van der Waals surface area contributed by atoms with Gasteiger partial charge in [-0.25, -0.2) is 0 Å². The van der Waals surface area contributed by atoms with E-state index in [1.165, 1.54) is 5.56 Å². The third-order valence-electron chi connectivity index (χ3n) is 3.54. The molecule has 3 rings (SSSR count). The number of anilines is 4. The Bertz CT molecular complexity index is 723. The number of hydrogen-bond acceptors (Lipinski definition) is 6. The van der Waals surface area contributed by atoms with E-state index in [0.29, 0.717) is 11.8 Å². The van der Waals surface area contributed by atoms with Crippen molar-refractivity contribution < 1.29 is 4.74 Å². The van der Waals surface area contributed by atoms with Crippen molar-refractivity contribution in [2.75, 3.05) is 17.7 Å². The number of ether oxygens (including phenoxy) is 1. The van der Waals surface area contributed by atoms with Gasteiger partial charge in [-0.2, -0.15) is 10.1 Å². The summed E-state index contributed by atoms with van der Waals surface area (Å²) < 4.78 is 5.15. The predicted molar refractivity (Wildman–Crippen MR) is 95.2 cm³/mol. The molecule has 6 heteroatoms. The van der Waals surface area contributed by atoms with E-state index in [-0.39, 0.29) is 0 Å². The largest absolute Gasteiger partial charge is 0.497 e. The molecule has 0 saturated carbocycles. The first-order valence-corrected chi connectivity index (χ1v) is 7.73. The van der Waals surface area contributed by atoms with Gasteiger partial charge in [0.1, 0.15) is 5.75 Å². The lowest BCUT2D eigenvalue weighted by Crippen LogP contribution is -2.02. The van der Waals surface area contributed by atoms with Crippen LogP contribution in [0.4, 0.5) is 23.1 Å². The van der Waals surface area contributed by atoms with E-state index in [1.54, 1.807) is 13.3 Å². The smallest absolute Gasteiger partial charge is 0.249 e. The van der Waals surface area contributed by atoms with Gasteiger partial charge in [-0.1, -0.05) is 19.1 Å². The molecule has 0 atom stereocenters. The molecule has 1 aromatic heterocycles. The van der Waals surface area contributed by atoms with E-state index in [9.17, 15) is 0 Å². The van der Waals surface area contributed by atoms with Crippen molar-refractivity contribution in [3.63, 3.8) is 0 Å². The van der Waals surface area contributed by atoms with Crippen LogP contribution in [0.1, 0.15) is 12.5 Å². The van der Waals surface area contributed by atoms with E-state index in [4.69, 9.17) is 4.74 Å². The van der Waals surface area contributed by atoms with Gasteiger partial charge in [-0.3, -0.25) is 0 Å². The third-order valence-corrected chi connectivity index (χ3v) is 3.54. The summed E-state index contributed by atoms with van der Waals surface area (Å²) in [6.07, 6.45) is 2.59. The highest BCUT2D eigenvalue weighted by Gasteiger charge is 2.03. The molecule has 1 heterocycles. The van der Waals surface area contributed by atoms with Gasteiger partial charge in [0.25, 0.3) is 0 Å². The Balaban J connectivity index is 1.70. The minimum Gasteiger partial charge on any atom is -0.497 e. The van der Waals surface area contributed by atoms with Crippen LogP contribution in [0.3, 0.4) is 0 Å². The first kappa shape index (κ1) is 15.7. The maximum atomic E-state index is 5.15. The molecule has 0 radical (unpaired) electrons. The monoisotopic (exact) mass is 321 g/mol. The van der Waals surface area contributed by atoms with Crippen molar-refractivity contribution in [2.24, 2.45) is 0 Å². The molecule has 3 aromatic rings. The summed E-state index contributed by atoms with van der Waals surface area (Å²) in [7, 11) is 1.64. The number of methoxy groups -OCH3 is 1. The van der Waals surface area contributed by atoms with Crippen LogP contribution in [0.15, 0.2) is 54.7 Å². The fourth-order valence-corrected chi connectivity index (χ4v) is 2.19. The van der Waals surface area contributed by atoms with Crippen molar-refractivity contribution in [1.82, 2.24) is 15.2 Å². The second kappa shape index (κ2) is 7.41. The third kappa shape index (κ3) is 3.98. The number of rotatable bonds is 6. The minimum atomic E-state index is 0.442. The summed E-state index contributed by atoms with van der Waals surface area (Å²) in [5, 5.41) is 14.3. The summed E-state index contributed by atoms with van der Waals surface area (Å²) in [6.45, 7) is 2.13. The van der Waals surface area contributed by atoms with Gasteiger partial charge in [0.15, 0.2) is 5.82 Å². The average molecular weight is 321 g/mol. The number of benzene rings is 2. The summed E-state index contributed by atoms with van der Waals surface area (Å²) >= 11 is 0. The van der Waals surface area contributed by atoms with Crippen molar-refractivity contribution in [3.05, 3.63) is 60.3 Å². The van der Waals surface area contributed by atoms with Gasteiger partial charge in [-0.05, 0) is 48.4 Å². The van der Waals surface area contributed by atoms with Crippen molar-refractivity contribution in [1.29, 1.82) is 0 Å². The zero-order chi connectivity index (χ0) is 16.8. The fourth-order valence-electron chi connectivity index (χ4n) is 2.19. The molecule has 0 unspecified atom stereocenters. The molecule has 0 bridgehead atoms. The number of aryl methyl sites for hydroxylation is 1. The van der Waals surface area contributed by atoms with Crippen LogP contribution >= 0.6 is 0 Å². The summed E-state index contributed by atoms with van der Waals surface area (Å²) in [5.41, 5.74) is 3.11. The molecule has 0 aliphatic rings. The van der Waals surface area contributed by atoms with Gasteiger partial charge in [0, 0.05) is 11.4 Å². The Morgan fingerprint density at radius 3 is 2.25 bits per heavy atom. The highest BCUT2D eigenvalue weighted by atomic mass is 16.5. The maximum Gasteiger partial charge on any atom is 0.249 e. The topological polar surface area (TPSA) is 72.0 Å². The number of nitrogens with one attached hydrogen (secondary N) is 2. The summed E-state index contributed by atoms with van der Waals surface area (Å²) in [5.74, 6) is 1.86. The minimum absolute atomic E-state index is 0.442. The zero-order valence-corrected chi connectivity index (χ0v) is 13.7. The second-order valence-corrected chi connectivity index (χ2v) is 5.19. The zero-order valence-electron chi connectivity index (χ0n) is 13.7. The van der Waals surface area contributed by atoms with Crippen LogP contribution in [-0.4, -0.2) is 22.3 Å². The molecule has 122 valence electrons. The van der Waals surface area contributed by atoms with Crippen molar-refractivity contribution in [2.45, 2.75) is 13.3 Å². The van der Waals surface area contributed by atoms with Crippen LogP contribution in [-0.2, 0) is 6.42 Å². The van der Waals surface area contributed by atoms with E-state index >= 15 is 0 Å². The van der Waals surface area contributed by atoms with Gasteiger partial charge in [-0.15, -0.1) is 5.10 Å². The van der Waals surface area contributed by atoms with Gasteiger partial charge >= 0.3 is 0 Å². The molecular formula is C18H19N5O. The van der Waals surface area contributed by atoms with E-state index in [1.807, 2.05) is 36.4 Å². The first-order chi connectivity index (χ1) is 11.8. The fraction of sp³-hybridized carbons (Fsp3) is 0.167. The summed E-state index contributed by atoms with van der Waals surface area (Å²) in [4.78, 5) is 4.42. The standard InChI is InChI=1S/C18H19N5O/c1-3-13-4-6-15(7-5-13)21-18-22-17(12-19-23-18)20-14-8-10-16(24-2)11-9-14/h4-12H,3H2,1-2H3,(H2,20,21,22,23). The number of hydrogen-bond donors (Lipinski definition) is 2. The SMILES string of the molecule is CCc1ccc(Nc2nncc(Nc3ccc(OC)cc3)n2)cc1. The molecule has 6 nitrogen and oxygen atoms in total. The van der Waals surface area contributed by atoms with Crippen LogP contribution in [0.25, 0.3) is 0 Å². The average Bonchev–Trinajstić information content (AvgIpc) is 2.63. The molecular weight excluding hydrogens is 302 g/mol. The highest BCUT2D eigenvalue weighted by Crippen LogP contribution is 2.19. The Kier molecular flexibility index (Phi) is 4.86. The quantitative estimate of drug-likeness (QED) is 0.717. The molecule has 0 aliphatic carbocycles. The maximum absolute atomic E-state index is 5.15. The molecule has 0 spiro atoms. The molecule has 0 fully saturated rings.